The number of amides is 2. The third-order valence-corrected chi connectivity index (χ3v) is 15.2. The second-order valence-corrected chi connectivity index (χ2v) is 23.4. The molecule has 0 aromatic carbocycles. The molecule has 0 spiro atoms. The number of nitrogens with one attached hydrogen (secondary N) is 2. The highest BCUT2D eigenvalue weighted by molar-refractivity contribution is 5.76. The van der Waals surface area contributed by atoms with Crippen molar-refractivity contribution >= 4 is 11.8 Å². The summed E-state index contributed by atoms with van der Waals surface area (Å²) >= 11 is 0. The van der Waals surface area contributed by atoms with Crippen LogP contribution < -0.4 is 10.6 Å². The topological polar surface area (TPSA) is 288 Å². The van der Waals surface area contributed by atoms with E-state index in [-0.39, 0.29) is 58.1 Å². The van der Waals surface area contributed by atoms with Gasteiger partial charge in [-0.25, -0.2) is 0 Å². The van der Waals surface area contributed by atoms with E-state index < -0.39 is 42.3 Å². The standard InChI is InChI=1S/C71H131N3O17/c1-3-5-7-9-11-13-15-17-19-21-23-25-27-29-31-37-44-71(84,45-38-32-30-28-26-24-22-20-18-16-14-12-10-8-6-4-2)91-51-41-50-74(48-39-33-35-42-66(79)72-46-52-85-54-56-87-58-60-89-69(82)65(78)63-76)49-40-34-36-43-67(80)73-47-53-86-55-57-88-59-61-90-70(83)68(81)64(77)62-75/h11-14,17-20,63,69-70,75-78,81-84H,3-10,15-16,21-62H2,1-2H3,(H,72,79)(H,73,80)/b13-11-,14-12-,19-17-,20-18-,65-63-,68-64+/t69-,70-/m1/s1. The van der Waals surface area contributed by atoms with Crippen molar-refractivity contribution in [3.05, 3.63) is 72.1 Å². The lowest BCUT2D eigenvalue weighted by atomic mass is 9.98. The molecular weight excluding hydrogens is 1170 g/mol. The van der Waals surface area contributed by atoms with Crippen LogP contribution in [0, 0.1) is 0 Å². The molecule has 0 unspecified atom stereocenters. The molecule has 0 saturated heterocycles. The Morgan fingerprint density at radius 2 is 0.824 bits per heavy atom. The van der Waals surface area contributed by atoms with Crippen LogP contribution in [0.1, 0.15) is 239 Å². The van der Waals surface area contributed by atoms with E-state index in [0.717, 1.165) is 116 Å². The third-order valence-electron chi connectivity index (χ3n) is 15.2. The fraction of sp³-hybridized carbons (Fsp3) is 0.803. The molecule has 0 radical (unpaired) electrons. The monoisotopic (exact) mass is 1300 g/mol. The molecule has 10 N–H and O–H groups in total. The van der Waals surface area contributed by atoms with Crippen molar-refractivity contribution in [3.63, 3.8) is 0 Å². The smallest absolute Gasteiger partial charge is 0.220 e. The first-order valence-corrected chi connectivity index (χ1v) is 35.3. The van der Waals surface area contributed by atoms with Gasteiger partial charge in [-0.1, -0.05) is 152 Å². The normalized spacial score (nSPS) is 13.5. The van der Waals surface area contributed by atoms with Crippen LogP contribution in [0.25, 0.3) is 0 Å². The molecular formula is C71H131N3O17. The van der Waals surface area contributed by atoms with E-state index in [4.69, 9.17) is 43.4 Å². The summed E-state index contributed by atoms with van der Waals surface area (Å²) in [7, 11) is 0. The van der Waals surface area contributed by atoms with Gasteiger partial charge in [-0.2, -0.15) is 0 Å². The van der Waals surface area contributed by atoms with Gasteiger partial charge in [-0.05, 0) is 122 Å². The van der Waals surface area contributed by atoms with Crippen LogP contribution in [0.15, 0.2) is 72.1 Å². The Morgan fingerprint density at radius 1 is 0.451 bits per heavy atom. The van der Waals surface area contributed by atoms with E-state index >= 15 is 0 Å². The van der Waals surface area contributed by atoms with Crippen LogP contribution >= 0.6 is 0 Å². The number of nitrogens with zero attached hydrogens (tertiary/aromatic N) is 1. The molecule has 0 fully saturated rings. The molecule has 20 heteroatoms. The van der Waals surface area contributed by atoms with Crippen molar-refractivity contribution in [1.82, 2.24) is 15.5 Å². The lowest BCUT2D eigenvalue weighted by Gasteiger charge is -2.30. The van der Waals surface area contributed by atoms with Gasteiger partial charge in [0, 0.05) is 45.3 Å². The number of hydrogen-bond acceptors (Lipinski definition) is 18. The SMILES string of the molecule is CCCCC/C=C\C/C=C\CCCCCCCCC(O)(CCCCCCCC/C=C\C/C=C\CCCCC)OCCCN(CCCCCC(=O)NCCOCCOCCO[C@@H](O)/C(O)=C/O)CCCCCC(=O)NCCOCCOCCO[C@@H](O)/C(O)=C(\O)CO. The van der Waals surface area contributed by atoms with Gasteiger partial charge in [0.1, 0.15) is 12.9 Å². The second kappa shape index (κ2) is 67.5. The molecule has 0 rings (SSSR count). The molecule has 2 amide bonds. The minimum atomic E-state index is -1.77. The predicted octanol–water partition coefficient (Wildman–Crippen LogP) is 13.2. The fourth-order valence-electron chi connectivity index (χ4n) is 9.76. The van der Waals surface area contributed by atoms with Crippen LogP contribution in [0.4, 0.5) is 0 Å². The van der Waals surface area contributed by atoms with Gasteiger partial charge < -0.3 is 89.5 Å². The van der Waals surface area contributed by atoms with Gasteiger partial charge in [0.15, 0.2) is 23.1 Å². The van der Waals surface area contributed by atoms with Crippen molar-refractivity contribution in [2.24, 2.45) is 0 Å². The zero-order chi connectivity index (χ0) is 66.6. The van der Waals surface area contributed by atoms with Crippen LogP contribution in [0.2, 0.25) is 0 Å². The second-order valence-electron chi connectivity index (χ2n) is 23.4. The maximum Gasteiger partial charge on any atom is 0.220 e. The molecule has 2 atom stereocenters. The molecule has 532 valence electrons. The van der Waals surface area contributed by atoms with Crippen molar-refractivity contribution in [2.75, 3.05) is 112 Å². The number of rotatable bonds is 70. The van der Waals surface area contributed by atoms with Crippen LogP contribution in [-0.2, 0) is 42.7 Å². The Morgan fingerprint density at radius 3 is 1.25 bits per heavy atom. The summed E-state index contributed by atoms with van der Waals surface area (Å²) in [6.45, 7) is 9.43. The van der Waals surface area contributed by atoms with Crippen molar-refractivity contribution in [3.8, 4) is 0 Å². The number of carbonyl (C=O) groups is 2. The highest BCUT2D eigenvalue weighted by atomic mass is 16.6. The first-order valence-electron chi connectivity index (χ1n) is 35.3. The zero-order valence-electron chi connectivity index (χ0n) is 56.8. The Balaban J connectivity index is 5.18. The summed E-state index contributed by atoms with van der Waals surface area (Å²) in [5.74, 6) is -3.52. The fourth-order valence-corrected chi connectivity index (χ4v) is 9.76. The molecule has 20 nitrogen and oxygen atoms in total. The largest absolute Gasteiger partial charge is 0.512 e. The van der Waals surface area contributed by atoms with Gasteiger partial charge >= 0.3 is 0 Å². The summed E-state index contributed by atoms with van der Waals surface area (Å²) in [6, 6.07) is 0. The summed E-state index contributed by atoms with van der Waals surface area (Å²) in [4.78, 5) is 27.7. The Bertz CT molecular complexity index is 1770. The Labute approximate surface area is 549 Å². The average molecular weight is 1300 g/mol. The number of ether oxygens (including phenoxy) is 7. The third kappa shape index (κ3) is 60.8. The van der Waals surface area contributed by atoms with Gasteiger partial charge in [-0.3, -0.25) is 9.59 Å². The molecule has 0 aromatic rings. The van der Waals surface area contributed by atoms with Crippen LogP contribution in [0.3, 0.4) is 0 Å². The van der Waals surface area contributed by atoms with E-state index in [0.29, 0.717) is 71.5 Å². The van der Waals surface area contributed by atoms with Crippen molar-refractivity contribution in [2.45, 2.75) is 257 Å². The number of aliphatic hydroxyl groups is 8. The summed E-state index contributed by atoms with van der Waals surface area (Å²) in [5, 5.41) is 82.4. The average Bonchev–Trinajstić information content (AvgIpc) is 3.64. The molecule has 0 aliphatic carbocycles. The van der Waals surface area contributed by atoms with Gasteiger partial charge in [-0.15, -0.1) is 0 Å². The van der Waals surface area contributed by atoms with E-state index in [1.807, 2.05) is 0 Å². The van der Waals surface area contributed by atoms with Gasteiger partial charge in [0.25, 0.3) is 0 Å². The molecule has 0 heterocycles. The van der Waals surface area contributed by atoms with Crippen LogP contribution in [0.5, 0.6) is 0 Å². The highest BCUT2D eigenvalue weighted by Crippen LogP contribution is 2.26. The lowest BCUT2D eigenvalue weighted by molar-refractivity contribution is -0.214. The first-order chi connectivity index (χ1) is 44.4. The Hall–Kier alpha value is -3.90. The van der Waals surface area contributed by atoms with E-state index in [9.17, 15) is 40.2 Å². The van der Waals surface area contributed by atoms with Crippen LogP contribution in [-0.4, -0.2) is 188 Å². The molecule has 0 bridgehead atoms. The van der Waals surface area contributed by atoms with E-state index in [1.165, 1.54) is 103 Å². The number of allylic oxidation sites excluding steroid dienone is 8. The number of unbranched alkanes of at least 4 members (excludes halogenated alkanes) is 22. The summed E-state index contributed by atoms with van der Waals surface area (Å²) < 4.78 is 38.1. The quantitative estimate of drug-likeness (QED) is 0.0117. The van der Waals surface area contributed by atoms with Crippen molar-refractivity contribution in [1.29, 1.82) is 0 Å². The predicted molar refractivity (Wildman–Crippen MR) is 363 cm³/mol. The summed E-state index contributed by atoms with van der Waals surface area (Å²) in [5.41, 5.74) is 0. The number of hydrogen-bond donors (Lipinski definition) is 10. The Kier molecular flexibility index (Phi) is 64.6. The first kappa shape index (κ1) is 87.1. The number of aliphatic hydroxyl groups excluding tert-OH is 7. The lowest BCUT2D eigenvalue weighted by Crippen LogP contribution is -2.34. The molecule has 0 aromatic heterocycles. The van der Waals surface area contributed by atoms with E-state index in [1.54, 1.807) is 0 Å². The highest BCUT2D eigenvalue weighted by Gasteiger charge is 2.27. The number of carbonyl (C=O) groups excluding carboxylic acids is 2. The molecule has 0 saturated carbocycles. The maximum absolute atomic E-state index is 12.6. The van der Waals surface area contributed by atoms with E-state index in [2.05, 4.69) is 78.0 Å². The molecule has 91 heavy (non-hydrogen) atoms. The van der Waals surface area contributed by atoms with Gasteiger partial charge in [0.2, 0.25) is 24.4 Å². The summed E-state index contributed by atoms with van der Waals surface area (Å²) in [6.07, 6.45) is 51.7. The zero-order valence-corrected chi connectivity index (χ0v) is 56.8. The maximum atomic E-state index is 12.6. The van der Waals surface area contributed by atoms with Gasteiger partial charge in [0.05, 0.1) is 72.7 Å². The molecule has 0 aliphatic rings. The van der Waals surface area contributed by atoms with Crippen molar-refractivity contribution < 1.29 is 83.6 Å². The molecule has 0 aliphatic heterocycles. The minimum Gasteiger partial charge on any atom is -0.512 e. The minimum absolute atomic E-state index is 0.00996.